The summed E-state index contributed by atoms with van der Waals surface area (Å²) in [6.45, 7) is 13.7. The molecule has 42 heavy (non-hydrogen) atoms. The minimum absolute atomic E-state index is 0.0853. The molecule has 2 amide bonds. The van der Waals surface area contributed by atoms with Crippen LogP contribution < -0.4 is 20.1 Å². The smallest absolute Gasteiger partial charge is 0.408 e. The van der Waals surface area contributed by atoms with Crippen molar-refractivity contribution in [2.75, 3.05) is 39.3 Å². The number of hydrogen-bond donors (Lipinski definition) is 3. The molecule has 11 nitrogen and oxygen atoms in total. The molecule has 0 aliphatic rings. The second kappa shape index (κ2) is 20.7. The molecule has 0 saturated heterocycles. The fourth-order valence-electron chi connectivity index (χ4n) is 4.07. The van der Waals surface area contributed by atoms with E-state index >= 15 is 0 Å². The van der Waals surface area contributed by atoms with Crippen molar-refractivity contribution < 1.29 is 43.8 Å². The normalized spacial score (nSPS) is 11.1. The lowest BCUT2D eigenvalue weighted by molar-refractivity contribution is -0.896. The van der Waals surface area contributed by atoms with Gasteiger partial charge in [-0.2, -0.15) is 0 Å². The Kier molecular flexibility index (Phi) is 17.7. The Labute approximate surface area is 248 Å². The van der Waals surface area contributed by atoms with Crippen LogP contribution in [0.4, 0.5) is 4.79 Å². The quantitative estimate of drug-likeness (QED) is 0.249. The van der Waals surface area contributed by atoms with Crippen LogP contribution in [0.15, 0.2) is 54.6 Å². The maximum atomic E-state index is 13.4. The number of carbonyl (C=O) groups excluding carboxylic acids is 3. The van der Waals surface area contributed by atoms with Crippen molar-refractivity contribution in [3.8, 4) is 5.75 Å². The summed E-state index contributed by atoms with van der Waals surface area (Å²) in [5, 5.41) is 19.1. The Bertz CT molecular complexity index is 1060. The maximum absolute atomic E-state index is 13.4. The highest BCUT2D eigenvalue weighted by Crippen LogP contribution is 2.15. The molecule has 0 spiro atoms. The number of nitrogens with one attached hydrogen (secondary N) is 2. The second-order valence-electron chi connectivity index (χ2n) is 9.58. The number of aliphatic carboxylic acids is 2. The first-order valence-corrected chi connectivity index (χ1v) is 14.4. The summed E-state index contributed by atoms with van der Waals surface area (Å²) in [6.07, 6.45) is 1.51. The van der Waals surface area contributed by atoms with Crippen molar-refractivity contribution in [3.05, 3.63) is 65.7 Å². The van der Waals surface area contributed by atoms with E-state index in [0.29, 0.717) is 26.1 Å². The molecule has 0 fully saturated rings. The van der Waals surface area contributed by atoms with Crippen molar-refractivity contribution in [3.63, 3.8) is 0 Å². The Hall–Kier alpha value is -4.12. The number of alkyl carbamates (subject to hydrolysis) is 1. The average Bonchev–Trinajstić information content (AvgIpc) is 2.99. The number of quaternary nitrogens is 1. The summed E-state index contributed by atoms with van der Waals surface area (Å²) in [5.41, 5.74) is 1.85. The van der Waals surface area contributed by atoms with Gasteiger partial charge in [0.15, 0.2) is 5.97 Å². The molecular formula is C31H45N3O8. The van der Waals surface area contributed by atoms with Crippen LogP contribution in [0.25, 0.3) is 0 Å². The fourth-order valence-corrected chi connectivity index (χ4v) is 4.07. The van der Waals surface area contributed by atoms with Crippen molar-refractivity contribution in [1.29, 1.82) is 0 Å². The van der Waals surface area contributed by atoms with E-state index in [2.05, 4.69) is 19.2 Å². The summed E-state index contributed by atoms with van der Waals surface area (Å²) in [6, 6.07) is 16.6. The van der Waals surface area contributed by atoms with Crippen molar-refractivity contribution in [2.45, 2.75) is 59.6 Å². The SMILES string of the molecule is CCCN(CCC)C(=O)[C@@H](Cc1ccc(OCC[NH+](CC)CC)cc1)NC(=O)OCc1ccccc1.O=C([O-])C(=O)O. The van der Waals surface area contributed by atoms with E-state index in [4.69, 9.17) is 29.3 Å². The van der Waals surface area contributed by atoms with E-state index < -0.39 is 24.1 Å². The third kappa shape index (κ3) is 14.5. The van der Waals surface area contributed by atoms with E-state index in [-0.39, 0.29) is 12.5 Å². The zero-order chi connectivity index (χ0) is 31.3. The fraction of sp³-hybridized carbons (Fsp3) is 0.484. The van der Waals surface area contributed by atoms with Crippen LogP contribution >= 0.6 is 0 Å². The highest BCUT2D eigenvalue weighted by atomic mass is 16.5. The highest BCUT2D eigenvalue weighted by molar-refractivity contribution is 6.26. The van der Waals surface area contributed by atoms with Crippen molar-refractivity contribution >= 4 is 23.9 Å². The first kappa shape index (κ1) is 35.9. The largest absolute Gasteiger partial charge is 0.539 e. The van der Waals surface area contributed by atoms with Gasteiger partial charge < -0.3 is 39.6 Å². The minimum atomic E-state index is -2.07. The molecular weight excluding hydrogens is 542 g/mol. The van der Waals surface area contributed by atoms with Crippen LogP contribution in [0.3, 0.4) is 0 Å². The van der Waals surface area contributed by atoms with Crippen LogP contribution in [0, 0.1) is 0 Å². The van der Waals surface area contributed by atoms with E-state index in [1.54, 1.807) is 0 Å². The van der Waals surface area contributed by atoms with Crippen molar-refractivity contribution in [2.24, 2.45) is 0 Å². The standard InChI is InChI=1S/C29H43N3O4.C2H2O4/c1-5-18-32(19-6-2)28(33)27(30-29(34)36-23-25-12-10-9-11-13-25)22-24-14-16-26(17-15-24)35-21-20-31(7-3)8-4;3-1(4)2(5)6/h9-17,27H,5-8,18-23H2,1-4H3,(H,30,34);(H,3,4)(H,5,6)/t27-;/m1./s1. The highest BCUT2D eigenvalue weighted by Gasteiger charge is 2.26. The van der Waals surface area contributed by atoms with Gasteiger partial charge >= 0.3 is 12.1 Å². The Morgan fingerprint density at radius 3 is 1.98 bits per heavy atom. The Morgan fingerprint density at radius 2 is 1.48 bits per heavy atom. The second-order valence-corrected chi connectivity index (χ2v) is 9.58. The van der Waals surface area contributed by atoms with Crippen LogP contribution in [-0.4, -0.2) is 79.3 Å². The topological polar surface area (TPSA) is 150 Å². The van der Waals surface area contributed by atoms with Gasteiger partial charge in [0.05, 0.1) is 13.1 Å². The molecule has 0 aliphatic heterocycles. The number of amides is 2. The lowest BCUT2D eigenvalue weighted by Gasteiger charge is -2.27. The van der Waals surface area contributed by atoms with E-state index in [1.165, 1.54) is 4.90 Å². The minimum Gasteiger partial charge on any atom is -0.539 e. The lowest BCUT2D eigenvalue weighted by Crippen LogP contribution is -3.12. The number of nitrogens with zero attached hydrogens (tertiary/aromatic N) is 1. The molecule has 0 radical (unpaired) electrons. The molecule has 2 aromatic carbocycles. The van der Waals surface area contributed by atoms with Crippen LogP contribution in [-0.2, 0) is 32.1 Å². The van der Waals surface area contributed by atoms with Gasteiger partial charge in [0, 0.05) is 19.5 Å². The van der Waals surface area contributed by atoms with Gasteiger partial charge in [-0.25, -0.2) is 9.59 Å². The number of carboxylic acid groups (broad SMARTS) is 2. The average molecular weight is 588 g/mol. The first-order valence-electron chi connectivity index (χ1n) is 14.4. The number of benzene rings is 2. The van der Waals surface area contributed by atoms with Gasteiger partial charge in [0.1, 0.15) is 31.5 Å². The molecule has 2 aromatic rings. The molecule has 2 rings (SSSR count). The third-order valence-electron chi connectivity index (χ3n) is 6.36. The zero-order valence-electron chi connectivity index (χ0n) is 25.1. The number of likely N-dealkylation sites (N-methyl/N-ethyl adjacent to an activating group) is 1. The van der Waals surface area contributed by atoms with Gasteiger partial charge in [-0.05, 0) is 49.9 Å². The van der Waals surface area contributed by atoms with Gasteiger partial charge in [-0.1, -0.05) is 56.3 Å². The van der Waals surface area contributed by atoms with Crippen LogP contribution in [0.1, 0.15) is 51.7 Å². The molecule has 0 bridgehead atoms. The number of ether oxygens (including phenoxy) is 2. The molecule has 0 saturated carbocycles. The van der Waals surface area contributed by atoms with E-state index in [1.807, 2.05) is 73.3 Å². The van der Waals surface area contributed by atoms with Gasteiger partial charge in [0.25, 0.3) is 0 Å². The van der Waals surface area contributed by atoms with Crippen LogP contribution in [0.5, 0.6) is 5.75 Å². The third-order valence-corrected chi connectivity index (χ3v) is 6.36. The zero-order valence-corrected chi connectivity index (χ0v) is 25.1. The number of carbonyl (C=O) groups is 4. The molecule has 1 atom stereocenters. The predicted molar refractivity (Wildman–Crippen MR) is 156 cm³/mol. The number of carboxylic acids is 2. The summed E-state index contributed by atoms with van der Waals surface area (Å²) < 4.78 is 11.3. The van der Waals surface area contributed by atoms with E-state index in [0.717, 1.165) is 49.4 Å². The summed E-state index contributed by atoms with van der Waals surface area (Å²) in [7, 11) is 0. The lowest BCUT2D eigenvalue weighted by atomic mass is 10.0. The van der Waals surface area contributed by atoms with Gasteiger partial charge in [0.2, 0.25) is 5.91 Å². The molecule has 0 aromatic heterocycles. The summed E-state index contributed by atoms with van der Waals surface area (Å²) >= 11 is 0. The van der Waals surface area contributed by atoms with Crippen LogP contribution in [0.2, 0.25) is 0 Å². The molecule has 0 heterocycles. The summed E-state index contributed by atoms with van der Waals surface area (Å²) in [4.78, 5) is 47.4. The predicted octanol–water partition coefficient (Wildman–Crippen LogP) is 1.30. The Morgan fingerprint density at radius 1 is 0.905 bits per heavy atom. The molecule has 3 N–H and O–H groups in total. The number of rotatable bonds is 16. The summed E-state index contributed by atoms with van der Waals surface area (Å²) in [5.74, 6) is -3.29. The Balaban J connectivity index is 0.00000132. The molecule has 11 heteroatoms. The monoisotopic (exact) mass is 587 g/mol. The van der Waals surface area contributed by atoms with Gasteiger partial charge in [-0.3, -0.25) is 4.79 Å². The number of hydrogen-bond acceptors (Lipinski definition) is 7. The van der Waals surface area contributed by atoms with E-state index in [9.17, 15) is 9.59 Å². The molecule has 232 valence electrons. The van der Waals surface area contributed by atoms with Crippen molar-refractivity contribution in [1.82, 2.24) is 10.2 Å². The molecule has 0 aliphatic carbocycles. The maximum Gasteiger partial charge on any atom is 0.408 e. The van der Waals surface area contributed by atoms with Gasteiger partial charge in [-0.15, -0.1) is 0 Å². The first-order chi connectivity index (χ1) is 20.1. The molecule has 0 unspecified atom stereocenters.